The Morgan fingerprint density at radius 2 is 2.11 bits per heavy atom. The fourth-order valence-corrected chi connectivity index (χ4v) is 2.12. The maximum absolute atomic E-state index is 11.7. The SMILES string of the molecule is CCCCN(C)C(=O)NCCc1ccccc1Br. The van der Waals surface area contributed by atoms with Gasteiger partial charge in [0.05, 0.1) is 0 Å². The summed E-state index contributed by atoms with van der Waals surface area (Å²) in [6.45, 7) is 3.61. The Kier molecular flexibility index (Phi) is 6.80. The Hall–Kier alpha value is -1.03. The fraction of sp³-hybridized carbons (Fsp3) is 0.500. The molecule has 0 aliphatic rings. The van der Waals surface area contributed by atoms with Gasteiger partial charge in [-0.3, -0.25) is 0 Å². The first-order chi connectivity index (χ1) is 8.65. The van der Waals surface area contributed by atoms with Crippen molar-refractivity contribution < 1.29 is 4.79 Å². The molecule has 0 aromatic heterocycles. The zero-order valence-electron chi connectivity index (χ0n) is 11.1. The van der Waals surface area contributed by atoms with E-state index >= 15 is 0 Å². The van der Waals surface area contributed by atoms with E-state index in [9.17, 15) is 4.79 Å². The normalized spacial score (nSPS) is 10.2. The summed E-state index contributed by atoms with van der Waals surface area (Å²) in [4.78, 5) is 13.5. The molecule has 3 nitrogen and oxygen atoms in total. The number of urea groups is 1. The summed E-state index contributed by atoms with van der Waals surface area (Å²) in [6.07, 6.45) is 3.00. The standard InChI is InChI=1S/C14H21BrN2O/c1-3-4-11-17(2)14(18)16-10-9-12-7-5-6-8-13(12)15/h5-8H,3-4,9-11H2,1-2H3,(H,16,18). The lowest BCUT2D eigenvalue weighted by Crippen LogP contribution is -2.38. The number of amides is 2. The first kappa shape index (κ1) is 15.0. The van der Waals surface area contributed by atoms with Crippen LogP contribution in [0.4, 0.5) is 4.79 Å². The van der Waals surface area contributed by atoms with Crippen LogP contribution in [0.5, 0.6) is 0 Å². The van der Waals surface area contributed by atoms with Crippen molar-refractivity contribution in [3.05, 3.63) is 34.3 Å². The number of carbonyl (C=O) groups is 1. The molecule has 1 aromatic carbocycles. The quantitative estimate of drug-likeness (QED) is 0.857. The molecule has 0 saturated heterocycles. The third kappa shape index (κ3) is 5.08. The lowest BCUT2D eigenvalue weighted by molar-refractivity contribution is 0.208. The highest BCUT2D eigenvalue weighted by Crippen LogP contribution is 2.15. The minimum atomic E-state index is 0.00973. The lowest BCUT2D eigenvalue weighted by atomic mass is 10.1. The zero-order chi connectivity index (χ0) is 13.4. The molecule has 18 heavy (non-hydrogen) atoms. The van der Waals surface area contributed by atoms with Crippen molar-refractivity contribution in [2.75, 3.05) is 20.1 Å². The number of benzene rings is 1. The van der Waals surface area contributed by atoms with E-state index in [0.29, 0.717) is 6.54 Å². The molecule has 1 rings (SSSR count). The molecule has 0 aliphatic heterocycles. The van der Waals surface area contributed by atoms with Crippen molar-refractivity contribution in [3.8, 4) is 0 Å². The second kappa shape index (κ2) is 8.14. The van der Waals surface area contributed by atoms with E-state index in [0.717, 1.165) is 30.3 Å². The zero-order valence-corrected chi connectivity index (χ0v) is 12.7. The van der Waals surface area contributed by atoms with Crippen molar-refractivity contribution in [1.29, 1.82) is 0 Å². The first-order valence-corrected chi connectivity index (χ1v) is 7.16. The van der Waals surface area contributed by atoms with E-state index in [1.165, 1.54) is 5.56 Å². The van der Waals surface area contributed by atoms with E-state index in [1.54, 1.807) is 4.90 Å². The number of hydrogen-bond donors (Lipinski definition) is 1. The van der Waals surface area contributed by atoms with Crippen molar-refractivity contribution >= 4 is 22.0 Å². The van der Waals surface area contributed by atoms with Crippen LogP contribution in [0.3, 0.4) is 0 Å². The number of nitrogens with one attached hydrogen (secondary N) is 1. The molecule has 0 fully saturated rings. The Labute approximate surface area is 118 Å². The number of rotatable bonds is 6. The Balaban J connectivity index is 2.29. The summed E-state index contributed by atoms with van der Waals surface area (Å²) < 4.78 is 1.10. The summed E-state index contributed by atoms with van der Waals surface area (Å²) in [5.74, 6) is 0. The average Bonchev–Trinajstić information content (AvgIpc) is 2.38. The molecule has 0 heterocycles. The molecule has 4 heteroatoms. The van der Waals surface area contributed by atoms with Gasteiger partial charge in [0.2, 0.25) is 0 Å². The van der Waals surface area contributed by atoms with Crippen LogP contribution in [0.2, 0.25) is 0 Å². The van der Waals surface area contributed by atoms with Crippen LogP contribution in [0.15, 0.2) is 28.7 Å². The van der Waals surface area contributed by atoms with E-state index in [-0.39, 0.29) is 6.03 Å². The first-order valence-electron chi connectivity index (χ1n) is 6.37. The number of carbonyl (C=O) groups excluding carboxylic acids is 1. The van der Waals surface area contributed by atoms with Gasteiger partial charge in [0, 0.05) is 24.6 Å². The Bertz CT molecular complexity index is 382. The summed E-state index contributed by atoms with van der Waals surface area (Å²) in [6, 6.07) is 8.09. The van der Waals surface area contributed by atoms with Gasteiger partial charge in [-0.05, 0) is 24.5 Å². The summed E-state index contributed by atoms with van der Waals surface area (Å²) in [7, 11) is 1.84. The Morgan fingerprint density at radius 3 is 2.78 bits per heavy atom. The monoisotopic (exact) mass is 312 g/mol. The second-order valence-electron chi connectivity index (χ2n) is 4.35. The predicted molar refractivity (Wildman–Crippen MR) is 78.8 cm³/mol. The topological polar surface area (TPSA) is 32.3 Å². The van der Waals surface area contributed by atoms with Gasteiger partial charge in [-0.15, -0.1) is 0 Å². The molecule has 0 bridgehead atoms. The molecule has 100 valence electrons. The molecule has 0 radical (unpaired) electrons. The third-order valence-corrected chi connectivity index (χ3v) is 3.60. The smallest absolute Gasteiger partial charge is 0.317 e. The highest BCUT2D eigenvalue weighted by atomic mass is 79.9. The summed E-state index contributed by atoms with van der Waals surface area (Å²) in [5, 5.41) is 2.93. The lowest BCUT2D eigenvalue weighted by Gasteiger charge is -2.17. The van der Waals surface area contributed by atoms with Crippen molar-refractivity contribution in [3.63, 3.8) is 0 Å². The van der Waals surface area contributed by atoms with Gasteiger partial charge in [0.25, 0.3) is 0 Å². The molecule has 0 atom stereocenters. The molecular formula is C14H21BrN2O. The van der Waals surface area contributed by atoms with Crippen molar-refractivity contribution in [2.24, 2.45) is 0 Å². The maximum Gasteiger partial charge on any atom is 0.317 e. The van der Waals surface area contributed by atoms with Gasteiger partial charge in [-0.25, -0.2) is 4.79 Å². The van der Waals surface area contributed by atoms with Crippen LogP contribution in [0.25, 0.3) is 0 Å². The van der Waals surface area contributed by atoms with Crippen LogP contribution in [-0.2, 0) is 6.42 Å². The van der Waals surface area contributed by atoms with Gasteiger partial charge >= 0.3 is 6.03 Å². The van der Waals surface area contributed by atoms with Gasteiger partial charge < -0.3 is 10.2 Å². The van der Waals surface area contributed by atoms with Gasteiger partial charge in [0.1, 0.15) is 0 Å². The number of nitrogens with zero attached hydrogens (tertiary/aromatic N) is 1. The van der Waals surface area contributed by atoms with Gasteiger partial charge in [-0.1, -0.05) is 47.5 Å². The van der Waals surface area contributed by atoms with Crippen LogP contribution in [0.1, 0.15) is 25.3 Å². The predicted octanol–water partition coefficient (Wildman–Crippen LogP) is 3.43. The van der Waals surface area contributed by atoms with Crippen LogP contribution in [0, 0.1) is 0 Å². The Morgan fingerprint density at radius 1 is 1.39 bits per heavy atom. The van der Waals surface area contributed by atoms with Gasteiger partial charge in [0.15, 0.2) is 0 Å². The molecule has 2 amide bonds. The molecule has 1 N–H and O–H groups in total. The van der Waals surface area contributed by atoms with Crippen LogP contribution >= 0.6 is 15.9 Å². The number of unbranched alkanes of at least 4 members (excludes halogenated alkanes) is 1. The average molecular weight is 313 g/mol. The van der Waals surface area contributed by atoms with E-state index in [1.807, 2.05) is 25.2 Å². The van der Waals surface area contributed by atoms with Crippen molar-refractivity contribution in [1.82, 2.24) is 10.2 Å². The highest BCUT2D eigenvalue weighted by molar-refractivity contribution is 9.10. The van der Waals surface area contributed by atoms with Crippen LogP contribution < -0.4 is 5.32 Å². The number of halogens is 1. The summed E-state index contributed by atoms with van der Waals surface area (Å²) >= 11 is 3.50. The second-order valence-corrected chi connectivity index (χ2v) is 5.20. The van der Waals surface area contributed by atoms with E-state index in [4.69, 9.17) is 0 Å². The minimum Gasteiger partial charge on any atom is -0.338 e. The number of hydrogen-bond acceptors (Lipinski definition) is 1. The van der Waals surface area contributed by atoms with Crippen LogP contribution in [-0.4, -0.2) is 31.1 Å². The van der Waals surface area contributed by atoms with Gasteiger partial charge in [-0.2, -0.15) is 0 Å². The maximum atomic E-state index is 11.7. The largest absolute Gasteiger partial charge is 0.338 e. The third-order valence-electron chi connectivity index (χ3n) is 2.82. The highest BCUT2D eigenvalue weighted by Gasteiger charge is 2.06. The molecule has 0 saturated carbocycles. The minimum absolute atomic E-state index is 0.00973. The molecule has 0 spiro atoms. The van der Waals surface area contributed by atoms with Crippen molar-refractivity contribution in [2.45, 2.75) is 26.2 Å². The molecular weight excluding hydrogens is 292 g/mol. The molecule has 0 aliphatic carbocycles. The van der Waals surface area contributed by atoms with E-state index in [2.05, 4.69) is 34.2 Å². The fourth-order valence-electron chi connectivity index (χ4n) is 1.64. The summed E-state index contributed by atoms with van der Waals surface area (Å²) in [5.41, 5.74) is 1.22. The molecule has 0 unspecified atom stereocenters. The molecule has 1 aromatic rings. The van der Waals surface area contributed by atoms with E-state index < -0.39 is 0 Å².